The molecule has 0 aliphatic heterocycles. The summed E-state index contributed by atoms with van der Waals surface area (Å²) in [5.74, 6) is 0.816. The number of nitrogens with zero attached hydrogens (tertiary/aromatic N) is 1. The molecule has 0 saturated carbocycles. The lowest BCUT2D eigenvalue weighted by molar-refractivity contribution is 0.103. The predicted molar refractivity (Wildman–Crippen MR) is 60.7 cm³/mol. The van der Waals surface area contributed by atoms with E-state index in [4.69, 9.17) is 10.00 Å². The minimum atomic E-state index is 0.119. The first-order chi connectivity index (χ1) is 6.93. The Morgan fingerprint density at radius 2 is 1.73 bits per heavy atom. The fourth-order valence-corrected chi connectivity index (χ4v) is 0.989. The molecule has 0 N–H and O–H groups in total. The van der Waals surface area contributed by atoms with Gasteiger partial charge >= 0.3 is 0 Å². The first-order valence-corrected chi connectivity index (χ1v) is 5.10. The SMILES string of the molecule is CC(Oc1ccc(C#N)cc1)C(C)(C)C. The normalized spacial score (nSPS) is 13.0. The highest BCUT2D eigenvalue weighted by Gasteiger charge is 2.21. The molecule has 80 valence electrons. The number of ether oxygens (including phenoxy) is 1. The second-order valence-electron chi connectivity index (χ2n) is 4.76. The summed E-state index contributed by atoms with van der Waals surface area (Å²) in [5.41, 5.74) is 0.777. The third-order valence-electron chi connectivity index (χ3n) is 2.52. The van der Waals surface area contributed by atoms with Crippen molar-refractivity contribution in [1.82, 2.24) is 0 Å². The third kappa shape index (κ3) is 3.28. The molecular formula is C13H17NO. The Morgan fingerprint density at radius 1 is 1.20 bits per heavy atom. The lowest BCUT2D eigenvalue weighted by Gasteiger charge is -2.27. The molecule has 0 fully saturated rings. The Balaban J connectivity index is 2.70. The fourth-order valence-electron chi connectivity index (χ4n) is 0.989. The van der Waals surface area contributed by atoms with Gasteiger partial charge in [-0.05, 0) is 36.6 Å². The van der Waals surface area contributed by atoms with Gasteiger partial charge in [0, 0.05) is 0 Å². The van der Waals surface area contributed by atoms with Crippen LogP contribution in [0.15, 0.2) is 24.3 Å². The Hall–Kier alpha value is -1.49. The molecule has 0 aliphatic carbocycles. The highest BCUT2D eigenvalue weighted by atomic mass is 16.5. The van der Waals surface area contributed by atoms with Crippen LogP contribution in [0.5, 0.6) is 5.75 Å². The van der Waals surface area contributed by atoms with E-state index >= 15 is 0 Å². The molecule has 0 radical (unpaired) electrons. The van der Waals surface area contributed by atoms with Gasteiger partial charge in [-0.15, -0.1) is 0 Å². The maximum atomic E-state index is 8.65. The Bertz CT molecular complexity index is 354. The first-order valence-electron chi connectivity index (χ1n) is 5.10. The monoisotopic (exact) mass is 203 g/mol. The zero-order chi connectivity index (χ0) is 11.5. The van der Waals surface area contributed by atoms with Crippen LogP contribution >= 0.6 is 0 Å². The summed E-state index contributed by atoms with van der Waals surface area (Å²) >= 11 is 0. The molecule has 2 heteroatoms. The standard InChI is InChI=1S/C13H17NO/c1-10(13(2,3)4)15-12-7-5-11(9-14)6-8-12/h5-8,10H,1-4H3. The second-order valence-corrected chi connectivity index (χ2v) is 4.76. The van der Waals surface area contributed by atoms with Crippen molar-refractivity contribution in [3.05, 3.63) is 29.8 Å². The van der Waals surface area contributed by atoms with Crippen LogP contribution in [-0.4, -0.2) is 6.10 Å². The molecular weight excluding hydrogens is 186 g/mol. The molecule has 1 aromatic rings. The summed E-state index contributed by atoms with van der Waals surface area (Å²) in [6.45, 7) is 8.47. The summed E-state index contributed by atoms with van der Waals surface area (Å²) in [4.78, 5) is 0. The molecule has 0 amide bonds. The van der Waals surface area contributed by atoms with Gasteiger partial charge in [0.05, 0.1) is 11.6 Å². The van der Waals surface area contributed by atoms with Crippen LogP contribution in [-0.2, 0) is 0 Å². The number of rotatable bonds is 2. The molecule has 0 saturated heterocycles. The van der Waals surface area contributed by atoms with Crippen LogP contribution in [0.25, 0.3) is 0 Å². The molecule has 0 aliphatic rings. The van der Waals surface area contributed by atoms with E-state index in [-0.39, 0.29) is 11.5 Å². The maximum Gasteiger partial charge on any atom is 0.119 e. The van der Waals surface area contributed by atoms with Gasteiger partial charge in [0.1, 0.15) is 11.9 Å². The molecule has 0 bridgehead atoms. The van der Waals surface area contributed by atoms with Crippen LogP contribution in [0, 0.1) is 16.7 Å². The van der Waals surface area contributed by atoms with Crippen LogP contribution in [0.1, 0.15) is 33.3 Å². The summed E-state index contributed by atoms with van der Waals surface area (Å²) in [5, 5.41) is 8.65. The van der Waals surface area contributed by atoms with Gasteiger partial charge in [-0.1, -0.05) is 20.8 Å². The number of nitriles is 1. The van der Waals surface area contributed by atoms with E-state index in [1.165, 1.54) is 0 Å². The average molecular weight is 203 g/mol. The molecule has 1 rings (SSSR count). The fraction of sp³-hybridized carbons (Fsp3) is 0.462. The van der Waals surface area contributed by atoms with Gasteiger partial charge < -0.3 is 4.74 Å². The van der Waals surface area contributed by atoms with Crippen molar-refractivity contribution in [2.24, 2.45) is 5.41 Å². The van der Waals surface area contributed by atoms with Crippen molar-refractivity contribution in [1.29, 1.82) is 5.26 Å². The Kier molecular flexibility index (Phi) is 3.36. The lowest BCUT2D eigenvalue weighted by atomic mass is 9.90. The van der Waals surface area contributed by atoms with Crippen molar-refractivity contribution in [3.63, 3.8) is 0 Å². The van der Waals surface area contributed by atoms with Gasteiger partial charge in [-0.25, -0.2) is 0 Å². The topological polar surface area (TPSA) is 33.0 Å². The van der Waals surface area contributed by atoms with E-state index in [0.29, 0.717) is 5.56 Å². The molecule has 1 aromatic carbocycles. The quantitative estimate of drug-likeness (QED) is 0.738. The molecule has 1 atom stereocenters. The number of hydrogen-bond acceptors (Lipinski definition) is 2. The summed E-state index contributed by atoms with van der Waals surface area (Å²) in [6, 6.07) is 9.29. The Labute approximate surface area is 91.5 Å². The minimum absolute atomic E-state index is 0.119. The number of hydrogen-bond donors (Lipinski definition) is 0. The summed E-state index contributed by atoms with van der Waals surface area (Å²) < 4.78 is 5.77. The van der Waals surface area contributed by atoms with Crippen LogP contribution < -0.4 is 4.74 Å². The van der Waals surface area contributed by atoms with Gasteiger partial charge in [-0.3, -0.25) is 0 Å². The van der Waals surface area contributed by atoms with Crippen molar-refractivity contribution >= 4 is 0 Å². The van der Waals surface area contributed by atoms with E-state index in [1.54, 1.807) is 12.1 Å². The highest BCUT2D eigenvalue weighted by Crippen LogP contribution is 2.24. The van der Waals surface area contributed by atoms with Gasteiger partial charge in [-0.2, -0.15) is 5.26 Å². The van der Waals surface area contributed by atoms with Crippen molar-refractivity contribution in [2.45, 2.75) is 33.8 Å². The van der Waals surface area contributed by atoms with E-state index < -0.39 is 0 Å². The molecule has 0 aromatic heterocycles. The highest BCUT2D eigenvalue weighted by molar-refractivity contribution is 5.34. The third-order valence-corrected chi connectivity index (χ3v) is 2.52. The van der Waals surface area contributed by atoms with E-state index in [9.17, 15) is 0 Å². The predicted octanol–water partition coefficient (Wildman–Crippen LogP) is 3.37. The molecule has 0 heterocycles. The van der Waals surface area contributed by atoms with Crippen LogP contribution in [0.3, 0.4) is 0 Å². The van der Waals surface area contributed by atoms with Crippen LogP contribution in [0.4, 0.5) is 0 Å². The average Bonchev–Trinajstić information content (AvgIpc) is 2.17. The van der Waals surface area contributed by atoms with E-state index in [0.717, 1.165) is 5.75 Å². The largest absolute Gasteiger partial charge is 0.490 e. The van der Waals surface area contributed by atoms with Crippen molar-refractivity contribution in [3.8, 4) is 11.8 Å². The zero-order valence-corrected chi connectivity index (χ0v) is 9.74. The minimum Gasteiger partial charge on any atom is -0.490 e. The molecule has 2 nitrogen and oxygen atoms in total. The molecule has 0 spiro atoms. The summed E-state index contributed by atoms with van der Waals surface area (Å²) in [6.07, 6.45) is 0.144. The molecule has 15 heavy (non-hydrogen) atoms. The number of benzene rings is 1. The second kappa shape index (κ2) is 4.35. The maximum absolute atomic E-state index is 8.65. The Morgan fingerprint density at radius 3 is 2.13 bits per heavy atom. The smallest absolute Gasteiger partial charge is 0.119 e. The van der Waals surface area contributed by atoms with Crippen molar-refractivity contribution in [2.75, 3.05) is 0 Å². The molecule has 1 unspecified atom stereocenters. The summed E-state index contributed by atoms with van der Waals surface area (Å²) in [7, 11) is 0. The van der Waals surface area contributed by atoms with E-state index in [1.807, 2.05) is 12.1 Å². The van der Waals surface area contributed by atoms with Crippen molar-refractivity contribution < 1.29 is 4.74 Å². The lowest BCUT2D eigenvalue weighted by Crippen LogP contribution is -2.28. The van der Waals surface area contributed by atoms with Gasteiger partial charge in [0.2, 0.25) is 0 Å². The van der Waals surface area contributed by atoms with Gasteiger partial charge in [0.15, 0.2) is 0 Å². The first kappa shape index (κ1) is 11.6. The van der Waals surface area contributed by atoms with Gasteiger partial charge in [0.25, 0.3) is 0 Å². The van der Waals surface area contributed by atoms with E-state index in [2.05, 4.69) is 33.8 Å². The zero-order valence-electron chi connectivity index (χ0n) is 9.74. The van der Waals surface area contributed by atoms with Crippen LogP contribution in [0.2, 0.25) is 0 Å².